The number of H-pyrrole nitrogens is 1. The van der Waals surface area contributed by atoms with Crippen LogP contribution in [0.5, 0.6) is 0 Å². The quantitative estimate of drug-likeness (QED) is 0.865. The van der Waals surface area contributed by atoms with Gasteiger partial charge in [0.05, 0.1) is 0 Å². The number of rotatable bonds is 4. The second-order valence-corrected chi connectivity index (χ2v) is 4.38. The van der Waals surface area contributed by atoms with E-state index in [0.717, 1.165) is 24.1 Å². The molecule has 3 N–H and O–H groups in total. The molecular weight excluding hydrogens is 224 g/mol. The molecule has 0 radical (unpaired) electrons. The van der Waals surface area contributed by atoms with Gasteiger partial charge in [0.1, 0.15) is 0 Å². The molecule has 0 fully saturated rings. The Morgan fingerprint density at radius 3 is 2.39 bits per heavy atom. The molecule has 0 unspecified atom stereocenters. The molecule has 0 amide bonds. The van der Waals surface area contributed by atoms with Crippen molar-refractivity contribution in [2.24, 2.45) is 5.73 Å². The summed E-state index contributed by atoms with van der Waals surface area (Å²) < 4.78 is 0. The Hall–Kier alpha value is -1.87. The average Bonchev–Trinajstić information content (AvgIpc) is 2.40. The predicted molar refractivity (Wildman–Crippen MR) is 74.4 cm³/mol. The minimum atomic E-state index is -0.104. The third-order valence-electron chi connectivity index (χ3n) is 3.01. The van der Waals surface area contributed by atoms with E-state index in [4.69, 9.17) is 5.73 Å². The Balaban J connectivity index is 2.31. The fourth-order valence-electron chi connectivity index (χ4n) is 1.97. The molecule has 1 aromatic carbocycles. The first-order valence-electron chi connectivity index (χ1n) is 6.26. The van der Waals surface area contributed by atoms with E-state index in [9.17, 15) is 4.79 Å². The topological polar surface area (TPSA) is 58.9 Å². The van der Waals surface area contributed by atoms with Gasteiger partial charge in [-0.2, -0.15) is 0 Å². The summed E-state index contributed by atoms with van der Waals surface area (Å²) in [6, 6.07) is 12.0. The molecule has 0 bridgehead atoms. The first-order valence-corrected chi connectivity index (χ1v) is 6.26. The number of benzene rings is 1. The lowest BCUT2D eigenvalue weighted by atomic mass is 10.1. The van der Waals surface area contributed by atoms with Crippen molar-refractivity contribution in [2.75, 3.05) is 0 Å². The number of nitrogens with one attached hydrogen (secondary N) is 1. The molecule has 1 heterocycles. The van der Waals surface area contributed by atoms with Crippen molar-refractivity contribution in [3.63, 3.8) is 0 Å². The maximum Gasteiger partial charge on any atom is 0.252 e. The molecule has 2 rings (SSSR count). The van der Waals surface area contributed by atoms with E-state index in [0.29, 0.717) is 5.56 Å². The number of aryl methyl sites for hydroxylation is 1. The number of hydrogen-bond donors (Lipinski definition) is 2. The largest absolute Gasteiger partial charge is 0.326 e. The molecule has 0 aliphatic heterocycles. The van der Waals surface area contributed by atoms with Crippen LogP contribution >= 0.6 is 0 Å². The van der Waals surface area contributed by atoms with Gasteiger partial charge >= 0.3 is 0 Å². The van der Waals surface area contributed by atoms with Crippen molar-refractivity contribution >= 4 is 0 Å². The average molecular weight is 242 g/mol. The van der Waals surface area contributed by atoms with Gasteiger partial charge in [-0.1, -0.05) is 43.7 Å². The highest BCUT2D eigenvalue weighted by molar-refractivity contribution is 5.59. The summed E-state index contributed by atoms with van der Waals surface area (Å²) in [6.07, 6.45) is 2.23. The Bertz CT molecular complexity index is 570. The van der Waals surface area contributed by atoms with Crippen LogP contribution in [0.2, 0.25) is 0 Å². The maximum atomic E-state index is 11.7. The highest BCUT2D eigenvalue weighted by Crippen LogP contribution is 2.17. The van der Waals surface area contributed by atoms with Crippen molar-refractivity contribution in [1.29, 1.82) is 0 Å². The molecule has 0 saturated heterocycles. The monoisotopic (exact) mass is 242 g/mol. The van der Waals surface area contributed by atoms with E-state index in [2.05, 4.69) is 24.0 Å². The van der Waals surface area contributed by atoms with Gasteiger partial charge in [0.25, 0.3) is 5.56 Å². The second kappa shape index (κ2) is 5.65. The van der Waals surface area contributed by atoms with Gasteiger partial charge in [0, 0.05) is 17.8 Å². The number of nitrogens with two attached hydrogens (primary N) is 1. The second-order valence-electron chi connectivity index (χ2n) is 4.38. The molecule has 3 heteroatoms. The zero-order valence-corrected chi connectivity index (χ0v) is 10.6. The molecule has 0 aliphatic carbocycles. The molecule has 0 atom stereocenters. The fraction of sp³-hybridized carbons (Fsp3) is 0.267. The Labute approximate surface area is 107 Å². The lowest BCUT2D eigenvalue weighted by Gasteiger charge is -2.04. The molecule has 1 aromatic heterocycles. The summed E-state index contributed by atoms with van der Waals surface area (Å²) in [4.78, 5) is 14.5. The van der Waals surface area contributed by atoms with E-state index in [1.54, 1.807) is 6.07 Å². The summed E-state index contributed by atoms with van der Waals surface area (Å²) in [5.41, 5.74) is 9.16. The third-order valence-corrected chi connectivity index (χ3v) is 3.01. The van der Waals surface area contributed by atoms with Crippen molar-refractivity contribution in [1.82, 2.24) is 4.98 Å². The molecule has 18 heavy (non-hydrogen) atoms. The van der Waals surface area contributed by atoms with Gasteiger partial charge in [-0.05, 0) is 23.6 Å². The van der Waals surface area contributed by atoms with Gasteiger partial charge < -0.3 is 10.7 Å². The van der Waals surface area contributed by atoms with Crippen LogP contribution in [0.15, 0.2) is 41.2 Å². The molecule has 3 nitrogen and oxygen atoms in total. The third kappa shape index (κ3) is 2.68. The van der Waals surface area contributed by atoms with E-state index in [1.807, 2.05) is 18.2 Å². The van der Waals surface area contributed by atoms with Crippen LogP contribution in [0.1, 0.15) is 24.5 Å². The summed E-state index contributed by atoms with van der Waals surface area (Å²) in [5, 5.41) is 0. The number of hydrogen-bond acceptors (Lipinski definition) is 2. The van der Waals surface area contributed by atoms with Crippen molar-refractivity contribution < 1.29 is 0 Å². The lowest BCUT2D eigenvalue weighted by molar-refractivity contribution is 0.922. The van der Waals surface area contributed by atoms with Crippen LogP contribution in [0, 0.1) is 0 Å². The van der Waals surface area contributed by atoms with Gasteiger partial charge in [-0.25, -0.2) is 0 Å². The summed E-state index contributed by atoms with van der Waals surface area (Å²) in [6.45, 7) is 2.43. The van der Waals surface area contributed by atoms with Crippen LogP contribution in [-0.2, 0) is 13.0 Å². The van der Waals surface area contributed by atoms with Crippen LogP contribution in [0.25, 0.3) is 11.3 Å². The fourth-order valence-corrected chi connectivity index (χ4v) is 1.97. The van der Waals surface area contributed by atoms with Crippen LogP contribution < -0.4 is 11.3 Å². The molecule has 2 aromatic rings. The van der Waals surface area contributed by atoms with Gasteiger partial charge in [-0.15, -0.1) is 0 Å². The van der Waals surface area contributed by atoms with E-state index in [-0.39, 0.29) is 12.1 Å². The minimum Gasteiger partial charge on any atom is -0.326 e. The number of pyridine rings is 1. The minimum absolute atomic E-state index is 0.104. The Morgan fingerprint density at radius 2 is 1.83 bits per heavy atom. The molecule has 94 valence electrons. The highest BCUT2D eigenvalue weighted by Gasteiger charge is 2.02. The zero-order chi connectivity index (χ0) is 13.0. The Kier molecular flexibility index (Phi) is 3.95. The molecule has 0 spiro atoms. The van der Waals surface area contributed by atoms with E-state index >= 15 is 0 Å². The summed E-state index contributed by atoms with van der Waals surface area (Å²) >= 11 is 0. The first-order chi connectivity index (χ1) is 8.74. The van der Waals surface area contributed by atoms with E-state index < -0.39 is 0 Å². The van der Waals surface area contributed by atoms with Gasteiger partial charge in [0.15, 0.2) is 0 Å². The normalized spacial score (nSPS) is 10.6. The predicted octanol–water partition coefficient (Wildman–Crippen LogP) is 2.45. The molecular formula is C15H18N2O. The van der Waals surface area contributed by atoms with Crippen molar-refractivity contribution in [2.45, 2.75) is 26.3 Å². The smallest absolute Gasteiger partial charge is 0.252 e. The van der Waals surface area contributed by atoms with Crippen molar-refractivity contribution in [3.8, 4) is 11.3 Å². The number of aromatic nitrogens is 1. The van der Waals surface area contributed by atoms with Crippen LogP contribution in [0.4, 0.5) is 0 Å². The standard InChI is InChI=1S/C15H18N2O/c1-2-3-11-4-6-12(7-5-11)14-9-8-13(10-16)15(18)17-14/h4-9H,2-3,10,16H2,1H3,(H,17,18). The first kappa shape index (κ1) is 12.6. The van der Waals surface area contributed by atoms with Crippen molar-refractivity contribution in [3.05, 3.63) is 57.9 Å². The van der Waals surface area contributed by atoms with Crippen LogP contribution in [0.3, 0.4) is 0 Å². The number of aromatic amines is 1. The Morgan fingerprint density at radius 1 is 1.11 bits per heavy atom. The lowest BCUT2D eigenvalue weighted by Crippen LogP contribution is -2.15. The highest BCUT2D eigenvalue weighted by atomic mass is 16.1. The maximum absolute atomic E-state index is 11.7. The molecule has 0 aliphatic rings. The summed E-state index contributed by atoms with van der Waals surface area (Å²) in [7, 11) is 0. The van der Waals surface area contributed by atoms with E-state index in [1.165, 1.54) is 5.56 Å². The summed E-state index contributed by atoms with van der Waals surface area (Å²) in [5.74, 6) is 0. The van der Waals surface area contributed by atoms with Gasteiger partial charge in [0.2, 0.25) is 0 Å². The SMILES string of the molecule is CCCc1ccc(-c2ccc(CN)c(=O)[nH]2)cc1. The zero-order valence-electron chi connectivity index (χ0n) is 10.6. The molecule has 0 saturated carbocycles. The van der Waals surface area contributed by atoms with Crippen LogP contribution in [-0.4, -0.2) is 4.98 Å². The van der Waals surface area contributed by atoms with Gasteiger partial charge in [-0.3, -0.25) is 4.79 Å².